The Kier molecular flexibility index (Phi) is 5.40. The lowest BCUT2D eigenvalue weighted by atomic mass is 9.58. The van der Waals surface area contributed by atoms with Gasteiger partial charge in [0.2, 0.25) is 0 Å². The van der Waals surface area contributed by atoms with Crippen molar-refractivity contribution in [2.45, 2.75) is 28.4 Å². The third kappa shape index (κ3) is 3.04. The Balaban J connectivity index is 1.91. The summed E-state index contributed by atoms with van der Waals surface area (Å²) in [6.07, 6.45) is 1.73. The van der Waals surface area contributed by atoms with E-state index in [1.54, 1.807) is 11.8 Å². The largest absolute Gasteiger partial charge is 0.469 e. The van der Waals surface area contributed by atoms with Gasteiger partial charge in [0, 0.05) is 15.5 Å². The normalized spacial score (nSPS) is 34.6. The molecule has 0 N–H and O–H groups in total. The van der Waals surface area contributed by atoms with E-state index in [9.17, 15) is 9.59 Å². The van der Waals surface area contributed by atoms with Crippen LogP contribution in [0.15, 0.2) is 35.2 Å². The van der Waals surface area contributed by atoms with Gasteiger partial charge in [0.05, 0.1) is 26.1 Å². The summed E-state index contributed by atoms with van der Waals surface area (Å²) in [7, 11) is 2.73. The van der Waals surface area contributed by atoms with Gasteiger partial charge >= 0.3 is 11.9 Å². The van der Waals surface area contributed by atoms with Crippen molar-refractivity contribution in [3.05, 3.63) is 30.3 Å². The number of alkyl halides is 1. The van der Waals surface area contributed by atoms with Crippen molar-refractivity contribution in [3.8, 4) is 0 Å². The van der Waals surface area contributed by atoms with Crippen LogP contribution < -0.4 is 0 Å². The number of rotatable bonds is 4. The molecule has 2 bridgehead atoms. The molecule has 0 radical (unpaired) electrons. The van der Waals surface area contributed by atoms with Crippen LogP contribution in [0.3, 0.4) is 0 Å². The first-order valence-electron chi connectivity index (χ1n) is 8.10. The third-order valence-corrected chi connectivity index (χ3v) is 7.45. The lowest BCUT2D eigenvalue weighted by Gasteiger charge is -2.52. The van der Waals surface area contributed by atoms with Crippen LogP contribution in [0.1, 0.15) is 12.8 Å². The fraction of sp³-hybridized carbons (Fsp3) is 0.556. The highest BCUT2D eigenvalue weighted by atomic mass is 35.5. The van der Waals surface area contributed by atoms with Crippen LogP contribution in [0, 0.1) is 23.7 Å². The Labute approximate surface area is 151 Å². The van der Waals surface area contributed by atoms with Gasteiger partial charge in [-0.25, -0.2) is 0 Å². The lowest BCUT2D eigenvalue weighted by Crippen LogP contribution is -2.58. The summed E-state index contributed by atoms with van der Waals surface area (Å²) >= 11 is 8.45. The van der Waals surface area contributed by atoms with E-state index in [-0.39, 0.29) is 34.4 Å². The molecule has 0 heterocycles. The van der Waals surface area contributed by atoms with Crippen molar-refractivity contribution in [2.24, 2.45) is 23.7 Å². The van der Waals surface area contributed by atoms with Crippen LogP contribution >= 0.6 is 23.4 Å². The number of ether oxygens (including phenoxy) is 2. The Morgan fingerprint density at radius 2 is 1.54 bits per heavy atom. The van der Waals surface area contributed by atoms with E-state index in [4.69, 9.17) is 21.1 Å². The first-order valence-corrected chi connectivity index (χ1v) is 9.41. The summed E-state index contributed by atoms with van der Waals surface area (Å²) in [5, 5.41) is -0.0863. The van der Waals surface area contributed by atoms with E-state index in [1.165, 1.54) is 14.2 Å². The average molecular weight is 369 g/mol. The van der Waals surface area contributed by atoms with Gasteiger partial charge in [0.1, 0.15) is 0 Å². The molecule has 3 aliphatic rings. The van der Waals surface area contributed by atoms with Gasteiger partial charge in [-0.2, -0.15) is 0 Å². The number of hydrogen-bond donors (Lipinski definition) is 0. The minimum atomic E-state index is -0.503. The summed E-state index contributed by atoms with van der Waals surface area (Å²) in [5.41, 5.74) is 0. The maximum Gasteiger partial charge on any atom is 0.309 e. The molecule has 0 aromatic heterocycles. The number of esters is 2. The fourth-order valence-electron chi connectivity index (χ4n) is 4.21. The highest BCUT2D eigenvalue weighted by molar-refractivity contribution is 8.00. The van der Waals surface area contributed by atoms with E-state index >= 15 is 0 Å². The van der Waals surface area contributed by atoms with Crippen molar-refractivity contribution in [1.82, 2.24) is 0 Å². The predicted molar refractivity (Wildman–Crippen MR) is 93.0 cm³/mol. The second-order valence-electron chi connectivity index (χ2n) is 6.34. The summed E-state index contributed by atoms with van der Waals surface area (Å²) in [4.78, 5) is 25.8. The zero-order chi connectivity index (χ0) is 17.3. The van der Waals surface area contributed by atoms with Gasteiger partial charge in [-0.3, -0.25) is 9.59 Å². The molecule has 0 aliphatic heterocycles. The minimum absolute atomic E-state index is 0.0132. The Hall–Kier alpha value is -1.20. The predicted octanol–water partition coefficient (Wildman–Crippen LogP) is 3.37. The number of hydrogen-bond acceptors (Lipinski definition) is 5. The van der Waals surface area contributed by atoms with Gasteiger partial charge in [-0.05, 0) is 36.8 Å². The molecule has 1 aromatic rings. The molecule has 3 saturated carbocycles. The molecular weight excluding hydrogens is 348 g/mol. The van der Waals surface area contributed by atoms with Crippen LogP contribution in [0.25, 0.3) is 0 Å². The molecule has 1 aromatic carbocycles. The summed E-state index contributed by atoms with van der Waals surface area (Å²) in [5.74, 6) is -1.71. The number of benzene rings is 1. The highest BCUT2D eigenvalue weighted by Gasteiger charge is 2.59. The van der Waals surface area contributed by atoms with Crippen LogP contribution in [0.2, 0.25) is 0 Å². The van der Waals surface area contributed by atoms with E-state index in [1.807, 2.05) is 30.3 Å². The van der Waals surface area contributed by atoms with Crippen molar-refractivity contribution >= 4 is 35.3 Å². The van der Waals surface area contributed by atoms with E-state index in [0.29, 0.717) is 0 Å². The Morgan fingerprint density at radius 3 is 2.12 bits per heavy atom. The standard InChI is InChI=1S/C18H21ClO4S/c1-22-17(20)13-11-8-9-12(14(13)18(21)23-2)16(15(11)19)24-10-6-4-3-5-7-10/h3-7,11-16H,8-9H2,1-2H3/t11-,12+,13+,14-,15+,16+/m0/s1. The molecule has 6 atom stereocenters. The molecule has 0 amide bonds. The molecular formula is C18H21ClO4S. The Morgan fingerprint density at radius 1 is 1.00 bits per heavy atom. The molecule has 0 spiro atoms. The number of fused-ring (bicyclic) bond motifs is 3. The van der Waals surface area contributed by atoms with Crippen LogP contribution in [0.4, 0.5) is 0 Å². The van der Waals surface area contributed by atoms with E-state index < -0.39 is 11.8 Å². The molecule has 4 nitrogen and oxygen atoms in total. The van der Waals surface area contributed by atoms with Gasteiger partial charge in [0.15, 0.2) is 0 Å². The van der Waals surface area contributed by atoms with Crippen molar-refractivity contribution in [3.63, 3.8) is 0 Å². The maximum atomic E-state index is 12.4. The summed E-state index contributed by atoms with van der Waals surface area (Å²) in [6.45, 7) is 0. The zero-order valence-corrected chi connectivity index (χ0v) is 15.3. The monoisotopic (exact) mass is 368 g/mol. The molecule has 3 aliphatic carbocycles. The van der Waals surface area contributed by atoms with Gasteiger partial charge < -0.3 is 9.47 Å². The first kappa shape index (κ1) is 17.6. The number of thioether (sulfide) groups is 1. The average Bonchev–Trinajstić information content (AvgIpc) is 2.63. The van der Waals surface area contributed by atoms with Gasteiger partial charge in [-0.1, -0.05) is 18.2 Å². The Bertz CT molecular complexity index is 608. The third-order valence-electron chi connectivity index (χ3n) is 5.25. The highest BCUT2D eigenvalue weighted by Crippen LogP contribution is 2.56. The summed E-state index contributed by atoms with van der Waals surface area (Å²) < 4.78 is 9.96. The quantitative estimate of drug-likeness (QED) is 0.602. The molecule has 0 saturated heterocycles. The second-order valence-corrected chi connectivity index (χ2v) is 8.10. The fourth-order valence-corrected chi connectivity index (χ4v) is 6.27. The molecule has 130 valence electrons. The minimum Gasteiger partial charge on any atom is -0.469 e. The smallest absolute Gasteiger partial charge is 0.309 e. The topological polar surface area (TPSA) is 52.6 Å². The van der Waals surface area contributed by atoms with Gasteiger partial charge in [0.25, 0.3) is 0 Å². The van der Waals surface area contributed by atoms with E-state index in [0.717, 1.165) is 17.7 Å². The lowest BCUT2D eigenvalue weighted by molar-refractivity contribution is -0.169. The van der Waals surface area contributed by atoms with Crippen LogP contribution in [-0.4, -0.2) is 36.8 Å². The number of carbonyl (C=O) groups excluding carboxylic acids is 2. The molecule has 6 heteroatoms. The van der Waals surface area contributed by atoms with Crippen LogP contribution in [-0.2, 0) is 19.1 Å². The van der Waals surface area contributed by atoms with Crippen LogP contribution in [0.5, 0.6) is 0 Å². The number of methoxy groups -OCH3 is 2. The zero-order valence-electron chi connectivity index (χ0n) is 13.7. The number of carbonyl (C=O) groups is 2. The van der Waals surface area contributed by atoms with Crippen molar-refractivity contribution in [1.29, 1.82) is 0 Å². The molecule has 4 rings (SSSR count). The summed E-state index contributed by atoms with van der Waals surface area (Å²) in [6, 6.07) is 10.0. The second kappa shape index (κ2) is 7.36. The van der Waals surface area contributed by atoms with E-state index in [2.05, 4.69) is 0 Å². The first-order chi connectivity index (χ1) is 11.6. The van der Waals surface area contributed by atoms with Gasteiger partial charge in [-0.15, -0.1) is 23.4 Å². The van der Waals surface area contributed by atoms with Crippen molar-refractivity contribution < 1.29 is 19.1 Å². The molecule has 0 unspecified atom stereocenters. The SMILES string of the molecule is COC(=O)[C@@H]1[C@@H]2CC[C@@H]([C@@H](Sc3ccccc3)[C@@H]2Cl)[C@@H]1C(=O)OC. The number of halogens is 1. The molecule has 3 fully saturated rings. The van der Waals surface area contributed by atoms with Crippen molar-refractivity contribution in [2.75, 3.05) is 14.2 Å². The molecule has 24 heavy (non-hydrogen) atoms. The maximum absolute atomic E-state index is 12.4.